The molecule has 0 spiro atoms. The highest BCUT2D eigenvalue weighted by atomic mass is 32.2. The van der Waals surface area contributed by atoms with Gasteiger partial charge in [0, 0.05) is 67.2 Å². The summed E-state index contributed by atoms with van der Waals surface area (Å²) in [6.07, 6.45) is 0.945. The topological polar surface area (TPSA) is 134 Å². The number of hydrogen-bond donors (Lipinski definition) is 2. The molecule has 0 aliphatic carbocycles. The van der Waals surface area contributed by atoms with Crippen molar-refractivity contribution in [1.82, 2.24) is 9.62 Å². The smallest absolute Gasteiger partial charge is 0.293 e. The summed E-state index contributed by atoms with van der Waals surface area (Å²) in [5.41, 5.74) is 5.92. The second-order valence-corrected chi connectivity index (χ2v) is 15.9. The van der Waals surface area contributed by atoms with E-state index in [1.54, 1.807) is 23.9 Å². The summed E-state index contributed by atoms with van der Waals surface area (Å²) in [6.45, 7) is 9.46. The molecular formula is C42H45N5O6S2. The summed E-state index contributed by atoms with van der Waals surface area (Å²) in [6, 6.07) is 35.1. The maximum Gasteiger partial charge on any atom is 0.293 e. The number of nitro groups is 1. The van der Waals surface area contributed by atoms with Gasteiger partial charge < -0.3 is 15.0 Å². The van der Waals surface area contributed by atoms with Crippen LogP contribution in [-0.4, -0.2) is 69.2 Å². The molecule has 6 rings (SSSR count). The molecule has 1 amide bonds. The highest BCUT2D eigenvalue weighted by Crippen LogP contribution is 2.29. The van der Waals surface area contributed by atoms with Crippen molar-refractivity contribution in [1.29, 1.82) is 0 Å². The number of ether oxygens (including phenoxy) is 1. The number of hydrogen-bond acceptors (Lipinski definition) is 10. The number of rotatable bonds is 16. The largest absolute Gasteiger partial charge is 0.494 e. The van der Waals surface area contributed by atoms with Crippen molar-refractivity contribution < 1.29 is 22.9 Å². The van der Waals surface area contributed by atoms with Crippen molar-refractivity contribution >= 4 is 44.8 Å². The maximum absolute atomic E-state index is 13.2. The van der Waals surface area contributed by atoms with E-state index in [9.17, 15) is 23.3 Å². The number of carbonyl (C=O) groups excluding carboxylic acids is 1. The van der Waals surface area contributed by atoms with Gasteiger partial charge in [-0.05, 0) is 96.3 Å². The average Bonchev–Trinajstić information content (AvgIpc) is 3.20. The van der Waals surface area contributed by atoms with E-state index in [0.29, 0.717) is 18.9 Å². The zero-order chi connectivity index (χ0) is 38.8. The van der Waals surface area contributed by atoms with E-state index in [0.717, 1.165) is 67.1 Å². The second kappa shape index (κ2) is 18.3. The van der Waals surface area contributed by atoms with Gasteiger partial charge in [-0.25, -0.2) is 13.1 Å². The van der Waals surface area contributed by atoms with Crippen LogP contribution in [0.15, 0.2) is 125 Å². The van der Waals surface area contributed by atoms with Crippen molar-refractivity contribution in [2.75, 3.05) is 55.3 Å². The number of thioether (sulfide) groups is 1. The summed E-state index contributed by atoms with van der Waals surface area (Å²) in [5, 5.41) is 14.9. The average molecular weight is 780 g/mol. The molecule has 55 heavy (non-hydrogen) atoms. The first kappa shape index (κ1) is 39.3. The molecule has 0 saturated carbocycles. The maximum atomic E-state index is 13.2. The third-order valence-corrected chi connectivity index (χ3v) is 11.8. The molecule has 0 atom stereocenters. The number of piperazine rings is 1. The third-order valence-electron chi connectivity index (χ3n) is 9.48. The Morgan fingerprint density at radius 2 is 1.55 bits per heavy atom. The molecule has 1 fully saturated rings. The SMILES string of the molecule is CCOc1ccc(-c2ccc(CN3CCN(c4ccc(C(=O)NS(=O)(=O)c5ccc(NCCSc6ccccc6)c([N+](=O)[O-])c5)cc4)CC3)c(CC)c2)cc1. The van der Waals surface area contributed by atoms with Crippen molar-refractivity contribution in [2.45, 2.75) is 36.6 Å². The van der Waals surface area contributed by atoms with Gasteiger partial charge in [0.2, 0.25) is 0 Å². The number of sulfonamides is 1. The van der Waals surface area contributed by atoms with Crippen LogP contribution in [0.25, 0.3) is 11.1 Å². The van der Waals surface area contributed by atoms with Crippen LogP contribution in [0.5, 0.6) is 5.75 Å². The molecule has 0 aromatic heterocycles. The Kier molecular flexibility index (Phi) is 13.1. The van der Waals surface area contributed by atoms with Crippen LogP contribution >= 0.6 is 11.8 Å². The van der Waals surface area contributed by atoms with Gasteiger partial charge in [0.1, 0.15) is 11.4 Å². The lowest BCUT2D eigenvalue weighted by Crippen LogP contribution is -2.46. The number of aryl methyl sites for hydroxylation is 1. The van der Waals surface area contributed by atoms with Crippen LogP contribution in [0.1, 0.15) is 35.3 Å². The molecule has 5 aromatic rings. The molecule has 0 bridgehead atoms. The lowest BCUT2D eigenvalue weighted by molar-refractivity contribution is -0.384. The van der Waals surface area contributed by atoms with E-state index in [4.69, 9.17) is 4.74 Å². The Bertz CT molecular complexity index is 2190. The van der Waals surface area contributed by atoms with E-state index in [1.807, 2.05) is 61.5 Å². The lowest BCUT2D eigenvalue weighted by Gasteiger charge is -2.36. The highest BCUT2D eigenvalue weighted by molar-refractivity contribution is 7.99. The fraction of sp³-hybridized carbons (Fsp3) is 0.262. The number of benzene rings is 5. The Labute approximate surface area is 326 Å². The van der Waals surface area contributed by atoms with Crippen molar-refractivity contribution in [3.63, 3.8) is 0 Å². The van der Waals surface area contributed by atoms with Crippen LogP contribution in [0, 0.1) is 10.1 Å². The van der Waals surface area contributed by atoms with Crippen LogP contribution in [0.4, 0.5) is 17.1 Å². The fourth-order valence-corrected chi connectivity index (χ4v) is 8.30. The Morgan fingerprint density at radius 3 is 2.22 bits per heavy atom. The minimum atomic E-state index is -4.39. The molecule has 5 aromatic carbocycles. The first-order valence-electron chi connectivity index (χ1n) is 18.3. The molecular weight excluding hydrogens is 735 g/mol. The van der Waals surface area contributed by atoms with Gasteiger partial charge in [0.25, 0.3) is 21.6 Å². The van der Waals surface area contributed by atoms with Gasteiger partial charge in [0.05, 0.1) is 16.4 Å². The van der Waals surface area contributed by atoms with Crippen molar-refractivity contribution in [3.05, 3.63) is 142 Å². The van der Waals surface area contributed by atoms with Crippen molar-refractivity contribution in [2.24, 2.45) is 0 Å². The van der Waals surface area contributed by atoms with Gasteiger partial charge in [-0.3, -0.25) is 19.8 Å². The predicted molar refractivity (Wildman–Crippen MR) is 220 cm³/mol. The number of amides is 1. The van der Waals surface area contributed by atoms with E-state index < -0.39 is 26.5 Å². The van der Waals surface area contributed by atoms with Gasteiger partial charge in [-0.1, -0.05) is 55.5 Å². The third kappa shape index (κ3) is 10.2. The molecule has 0 unspecified atom stereocenters. The summed E-state index contributed by atoms with van der Waals surface area (Å²) < 4.78 is 34.0. The van der Waals surface area contributed by atoms with E-state index >= 15 is 0 Å². The minimum absolute atomic E-state index is 0.162. The second-order valence-electron chi connectivity index (χ2n) is 13.1. The number of nitro benzene ring substituents is 1. The van der Waals surface area contributed by atoms with Crippen LogP contribution in [0.3, 0.4) is 0 Å². The monoisotopic (exact) mass is 779 g/mol. The molecule has 11 nitrogen and oxygen atoms in total. The summed E-state index contributed by atoms with van der Waals surface area (Å²) >= 11 is 1.59. The van der Waals surface area contributed by atoms with Gasteiger partial charge in [0.15, 0.2) is 0 Å². The van der Waals surface area contributed by atoms with Gasteiger partial charge >= 0.3 is 0 Å². The molecule has 1 aliphatic heterocycles. The molecule has 2 N–H and O–H groups in total. The van der Waals surface area contributed by atoms with Gasteiger partial charge in [-0.2, -0.15) is 0 Å². The number of nitrogens with one attached hydrogen (secondary N) is 2. The minimum Gasteiger partial charge on any atom is -0.494 e. The Hall–Kier alpha value is -5.37. The Morgan fingerprint density at radius 1 is 0.836 bits per heavy atom. The molecule has 0 radical (unpaired) electrons. The summed E-state index contributed by atoms with van der Waals surface area (Å²) in [5.74, 6) is 0.700. The number of anilines is 2. The first-order chi connectivity index (χ1) is 26.6. The zero-order valence-electron chi connectivity index (χ0n) is 30.9. The number of carbonyl (C=O) groups is 1. The standard InChI is InChI=1S/C42H45N5O6S2/c1-3-31-28-34(32-14-18-37(19-15-32)53-4-2)10-11-35(31)30-45-23-25-46(26-24-45)36-16-12-33(13-17-36)42(48)44-55(51,52)39-20-21-40(41(29-39)47(49)50)43-22-27-54-38-8-6-5-7-9-38/h5-21,28-29,43H,3-4,22-27,30H2,1-2H3,(H,44,48). The fourth-order valence-electron chi connectivity index (χ4n) is 6.52. The number of nitrogens with zero attached hydrogens (tertiary/aromatic N) is 3. The van der Waals surface area contributed by atoms with Crippen LogP contribution in [0.2, 0.25) is 0 Å². The molecule has 286 valence electrons. The van der Waals surface area contributed by atoms with Crippen molar-refractivity contribution in [3.8, 4) is 16.9 Å². The Balaban J connectivity index is 1.01. The highest BCUT2D eigenvalue weighted by Gasteiger charge is 2.24. The molecule has 1 saturated heterocycles. The molecule has 13 heteroatoms. The molecule has 1 aliphatic rings. The van der Waals surface area contributed by atoms with Crippen LogP contribution < -0.4 is 19.7 Å². The summed E-state index contributed by atoms with van der Waals surface area (Å²) in [7, 11) is -4.39. The summed E-state index contributed by atoms with van der Waals surface area (Å²) in [4.78, 5) is 29.6. The van der Waals surface area contributed by atoms with E-state index in [-0.39, 0.29) is 16.1 Å². The van der Waals surface area contributed by atoms with E-state index in [2.05, 4.69) is 57.1 Å². The molecule has 1 heterocycles. The zero-order valence-corrected chi connectivity index (χ0v) is 32.6. The first-order valence-corrected chi connectivity index (χ1v) is 20.8. The quantitative estimate of drug-likeness (QED) is 0.0441. The normalized spacial score (nSPS) is 13.3. The van der Waals surface area contributed by atoms with Crippen LogP contribution in [-0.2, 0) is 23.0 Å². The predicted octanol–water partition coefficient (Wildman–Crippen LogP) is 7.87. The van der Waals surface area contributed by atoms with E-state index in [1.165, 1.54) is 28.8 Å². The lowest BCUT2D eigenvalue weighted by atomic mass is 9.97. The van der Waals surface area contributed by atoms with Gasteiger partial charge in [-0.15, -0.1) is 11.8 Å².